The lowest BCUT2D eigenvalue weighted by Gasteiger charge is -2.13. The standard InChI is InChI=1S/C22H22N2O7/c1-26-14-6-8-17(27-2)15(12-14)16-7-9-20(24-23-16)31-22(25)13-10-18(28-3)21(30-5)19(11-13)29-4/h6-12H,1-5H3. The quantitative estimate of drug-likeness (QED) is 0.502. The largest absolute Gasteiger partial charge is 0.497 e. The molecule has 0 fully saturated rings. The Bertz CT molecular complexity index is 1040. The zero-order valence-corrected chi connectivity index (χ0v) is 17.8. The highest BCUT2D eigenvalue weighted by atomic mass is 16.5. The van der Waals surface area contributed by atoms with E-state index < -0.39 is 5.97 Å². The maximum Gasteiger partial charge on any atom is 0.345 e. The molecule has 162 valence electrons. The first-order chi connectivity index (χ1) is 15.0. The molecule has 0 aliphatic heterocycles. The van der Waals surface area contributed by atoms with Crippen LogP contribution in [0, 0.1) is 0 Å². The Morgan fingerprint density at radius 3 is 1.90 bits per heavy atom. The fraction of sp³-hybridized carbons (Fsp3) is 0.227. The molecule has 0 saturated heterocycles. The van der Waals surface area contributed by atoms with Crippen molar-refractivity contribution in [3.8, 4) is 45.9 Å². The highest BCUT2D eigenvalue weighted by Crippen LogP contribution is 2.38. The van der Waals surface area contributed by atoms with Gasteiger partial charge >= 0.3 is 5.97 Å². The average Bonchev–Trinajstić information content (AvgIpc) is 2.82. The van der Waals surface area contributed by atoms with E-state index in [4.69, 9.17) is 28.4 Å². The number of aromatic nitrogens is 2. The van der Waals surface area contributed by atoms with Gasteiger partial charge in [-0.15, -0.1) is 10.2 Å². The van der Waals surface area contributed by atoms with Gasteiger partial charge in [0.1, 0.15) is 11.5 Å². The summed E-state index contributed by atoms with van der Waals surface area (Å²) in [6.07, 6.45) is 0. The summed E-state index contributed by atoms with van der Waals surface area (Å²) in [5.41, 5.74) is 1.43. The number of nitrogens with zero attached hydrogens (tertiary/aromatic N) is 2. The molecular weight excluding hydrogens is 404 g/mol. The van der Waals surface area contributed by atoms with E-state index in [-0.39, 0.29) is 11.4 Å². The minimum Gasteiger partial charge on any atom is -0.497 e. The Kier molecular flexibility index (Phi) is 6.76. The van der Waals surface area contributed by atoms with Crippen molar-refractivity contribution < 1.29 is 33.2 Å². The van der Waals surface area contributed by atoms with Gasteiger partial charge in [-0.25, -0.2) is 4.79 Å². The molecule has 0 N–H and O–H groups in total. The van der Waals surface area contributed by atoms with E-state index in [1.165, 1.54) is 39.5 Å². The predicted octanol–water partition coefficient (Wildman–Crippen LogP) is 3.41. The monoisotopic (exact) mass is 426 g/mol. The van der Waals surface area contributed by atoms with Gasteiger partial charge in [-0.3, -0.25) is 0 Å². The fourth-order valence-electron chi connectivity index (χ4n) is 2.89. The molecule has 0 radical (unpaired) electrons. The summed E-state index contributed by atoms with van der Waals surface area (Å²) in [6.45, 7) is 0. The van der Waals surface area contributed by atoms with Crippen molar-refractivity contribution in [3.05, 3.63) is 48.0 Å². The Balaban J connectivity index is 1.84. The molecule has 1 heterocycles. The Morgan fingerprint density at radius 1 is 0.710 bits per heavy atom. The number of rotatable bonds is 8. The van der Waals surface area contributed by atoms with E-state index in [0.29, 0.717) is 40.0 Å². The van der Waals surface area contributed by atoms with Gasteiger partial charge in [0.05, 0.1) is 46.8 Å². The maximum absolute atomic E-state index is 12.6. The van der Waals surface area contributed by atoms with Crippen molar-refractivity contribution in [2.75, 3.05) is 35.5 Å². The van der Waals surface area contributed by atoms with E-state index in [1.807, 2.05) is 0 Å². The van der Waals surface area contributed by atoms with Gasteiger partial charge in [0.15, 0.2) is 11.5 Å². The van der Waals surface area contributed by atoms with Gasteiger partial charge in [0.25, 0.3) is 0 Å². The second kappa shape index (κ2) is 9.66. The van der Waals surface area contributed by atoms with Crippen LogP contribution in [-0.2, 0) is 0 Å². The van der Waals surface area contributed by atoms with Crippen molar-refractivity contribution in [3.63, 3.8) is 0 Å². The van der Waals surface area contributed by atoms with Crippen LogP contribution in [0.1, 0.15) is 10.4 Å². The minimum atomic E-state index is -0.653. The number of benzene rings is 2. The molecule has 2 aromatic carbocycles. The molecule has 0 aliphatic rings. The van der Waals surface area contributed by atoms with Crippen LogP contribution in [0.3, 0.4) is 0 Å². The van der Waals surface area contributed by atoms with E-state index in [9.17, 15) is 4.79 Å². The predicted molar refractivity (Wildman–Crippen MR) is 112 cm³/mol. The van der Waals surface area contributed by atoms with Gasteiger partial charge in [-0.2, -0.15) is 0 Å². The molecule has 3 aromatic rings. The Hall–Kier alpha value is -4.01. The molecule has 0 unspecified atom stereocenters. The van der Waals surface area contributed by atoms with Crippen LogP contribution in [0.2, 0.25) is 0 Å². The molecule has 3 rings (SSSR count). The number of carbonyl (C=O) groups excluding carboxylic acids is 1. The molecular formula is C22H22N2O7. The van der Waals surface area contributed by atoms with Gasteiger partial charge in [0, 0.05) is 11.6 Å². The molecule has 1 aromatic heterocycles. The lowest BCUT2D eigenvalue weighted by atomic mass is 10.1. The van der Waals surface area contributed by atoms with Crippen molar-refractivity contribution in [2.24, 2.45) is 0 Å². The van der Waals surface area contributed by atoms with Gasteiger partial charge < -0.3 is 28.4 Å². The van der Waals surface area contributed by atoms with Crippen LogP contribution in [0.5, 0.6) is 34.6 Å². The third-order valence-corrected chi connectivity index (χ3v) is 4.42. The number of hydrogen-bond acceptors (Lipinski definition) is 9. The third kappa shape index (κ3) is 4.61. The van der Waals surface area contributed by atoms with Crippen molar-refractivity contribution in [1.82, 2.24) is 10.2 Å². The minimum absolute atomic E-state index is 0.0318. The third-order valence-electron chi connectivity index (χ3n) is 4.42. The molecule has 9 nitrogen and oxygen atoms in total. The lowest BCUT2D eigenvalue weighted by Crippen LogP contribution is -2.11. The smallest absolute Gasteiger partial charge is 0.345 e. The fourth-order valence-corrected chi connectivity index (χ4v) is 2.89. The zero-order chi connectivity index (χ0) is 22.4. The summed E-state index contributed by atoms with van der Waals surface area (Å²) in [5, 5.41) is 8.14. The topological polar surface area (TPSA) is 98.2 Å². The highest BCUT2D eigenvalue weighted by molar-refractivity contribution is 5.92. The summed E-state index contributed by atoms with van der Waals surface area (Å²) in [7, 11) is 7.54. The van der Waals surface area contributed by atoms with Gasteiger partial charge in [-0.1, -0.05) is 0 Å². The second-order valence-corrected chi connectivity index (χ2v) is 6.13. The van der Waals surface area contributed by atoms with Crippen molar-refractivity contribution in [1.29, 1.82) is 0 Å². The first-order valence-electron chi connectivity index (χ1n) is 9.12. The van der Waals surface area contributed by atoms with Crippen LogP contribution in [-0.4, -0.2) is 51.7 Å². The van der Waals surface area contributed by atoms with Crippen LogP contribution >= 0.6 is 0 Å². The second-order valence-electron chi connectivity index (χ2n) is 6.13. The van der Waals surface area contributed by atoms with Gasteiger partial charge in [0.2, 0.25) is 11.6 Å². The van der Waals surface area contributed by atoms with Crippen molar-refractivity contribution in [2.45, 2.75) is 0 Å². The summed E-state index contributed by atoms with van der Waals surface area (Å²) < 4.78 is 31.8. The summed E-state index contributed by atoms with van der Waals surface area (Å²) >= 11 is 0. The van der Waals surface area contributed by atoms with E-state index in [2.05, 4.69) is 10.2 Å². The molecule has 0 aliphatic carbocycles. The summed E-state index contributed by atoms with van der Waals surface area (Å²) in [6, 6.07) is 11.5. The van der Waals surface area contributed by atoms with E-state index >= 15 is 0 Å². The van der Waals surface area contributed by atoms with Crippen LogP contribution in [0.4, 0.5) is 0 Å². The zero-order valence-electron chi connectivity index (χ0n) is 17.8. The van der Waals surface area contributed by atoms with Crippen LogP contribution < -0.4 is 28.4 Å². The SMILES string of the molecule is COc1ccc(OC)c(-c2ccc(OC(=O)c3cc(OC)c(OC)c(OC)c3)nn2)c1. The summed E-state index contributed by atoms with van der Waals surface area (Å²) in [5.74, 6) is 1.68. The molecule has 0 spiro atoms. The highest BCUT2D eigenvalue weighted by Gasteiger charge is 2.19. The Morgan fingerprint density at radius 2 is 1.39 bits per heavy atom. The number of methoxy groups -OCH3 is 5. The lowest BCUT2D eigenvalue weighted by molar-refractivity contribution is 0.0725. The molecule has 0 amide bonds. The average molecular weight is 426 g/mol. The van der Waals surface area contributed by atoms with E-state index in [1.54, 1.807) is 38.5 Å². The summed E-state index contributed by atoms with van der Waals surface area (Å²) in [4.78, 5) is 12.6. The van der Waals surface area contributed by atoms with Crippen LogP contribution in [0.15, 0.2) is 42.5 Å². The number of esters is 1. The number of hydrogen-bond donors (Lipinski definition) is 0. The maximum atomic E-state index is 12.6. The first-order valence-corrected chi connectivity index (χ1v) is 9.12. The molecule has 9 heteroatoms. The van der Waals surface area contributed by atoms with E-state index in [0.717, 1.165) is 0 Å². The molecule has 0 atom stereocenters. The number of ether oxygens (including phenoxy) is 6. The Labute approximate surface area is 179 Å². The molecule has 0 saturated carbocycles. The molecule has 31 heavy (non-hydrogen) atoms. The first kappa shape index (κ1) is 21.7. The van der Waals surface area contributed by atoms with Crippen LogP contribution in [0.25, 0.3) is 11.3 Å². The van der Waals surface area contributed by atoms with Crippen molar-refractivity contribution >= 4 is 5.97 Å². The normalized spacial score (nSPS) is 10.2. The molecule has 0 bridgehead atoms. The number of carbonyl (C=O) groups is 1. The van der Waals surface area contributed by atoms with Gasteiger partial charge in [-0.05, 0) is 36.4 Å².